The Morgan fingerprint density at radius 3 is 2.69 bits per heavy atom. The van der Waals surface area contributed by atoms with E-state index in [2.05, 4.69) is 65.8 Å². The van der Waals surface area contributed by atoms with Gasteiger partial charge in [0, 0.05) is 29.8 Å². The van der Waals surface area contributed by atoms with Crippen molar-refractivity contribution in [2.45, 2.75) is 44.8 Å². The minimum absolute atomic E-state index is 0.0216. The quantitative estimate of drug-likeness (QED) is 0.493. The lowest BCUT2D eigenvalue weighted by atomic mass is 10.0. The van der Waals surface area contributed by atoms with E-state index < -0.39 is 10.3 Å². The van der Waals surface area contributed by atoms with Crippen molar-refractivity contribution in [2.75, 3.05) is 6.61 Å². The van der Waals surface area contributed by atoms with Crippen LogP contribution >= 0.6 is 0 Å². The van der Waals surface area contributed by atoms with E-state index >= 15 is 0 Å². The molecule has 1 aliphatic carbocycles. The predicted octanol–water partition coefficient (Wildman–Crippen LogP) is 3.97. The Kier molecular flexibility index (Phi) is 6.84. The molecule has 9 heteroatoms. The van der Waals surface area contributed by atoms with Crippen LogP contribution < -0.4 is 10.5 Å². The molecule has 1 fully saturated rings. The topological polar surface area (TPSA) is 112 Å². The molecule has 2 aromatic carbocycles. The second-order valence-electron chi connectivity index (χ2n) is 9.60. The van der Waals surface area contributed by atoms with Crippen molar-refractivity contribution in [3.05, 3.63) is 71.8 Å². The molecule has 0 bridgehead atoms. The highest BCUT2D eigenvalue weighted by molar-refractivity contribution is 7.84. The van der Waals surface area contributed by atoms with Crippen molar-refractivity contribution in [3.63, 3.8) is 0 Å². The minimum Gasteiger partial charge on any atom is -0.292 e. The standard InChI is InChI=1S/C26H31N5O3S/c1-18-16-28-25-15-24(22-9-5-8-20(13-22)12-19-6-3-2-4-7-19)30-31(25)26(18)29-23-11-10-21(14-23)17-34-35(27,32)33/h2-9,13,15-16,18,21,23,26,29H,10-12,14,17H2,1H3,(H2,27,32,33)/t18?,21-,23?,26?/m1/s1. The van der Waals surface area contributed by atoms with Crippen LogP contribution in [0.1, 0.15) is 43.5 Å². The van der Waals surface area contributed by atoms with Gasteiger partial charge in [0.1, 0.15) is 6.17 Å². The largest absolute Gasteiger partial charge is 0.333 e. The van der Waals surface area contributed by atoms with Crippen LogP contribution in [0.3, 0.4) is 0 Å². The van der Waals surface area contributed by atoms with Crippen molar-refractivity contribution >= 4 is 22.3 Å². The Bertz CT molecular complexity index is 1310. The number of nitrogens with two attached hydrogens (primary N) is 1. The van der Waals surface area contributed by atoms with Gasteiger partial charge in [-0.05, 0) is 48.8 Å². The van der Waals surface area contributed by atoms with Gasteiger partial charge >= 0.3 is 10.3 Å². The average molecular weight is 494 g/mol. The third-order valence-electron chi connectivity index (χ3n) is 6.81. The third kappa shape index (κ3) is 5.87. The van der Waals surface area contributed by atoms with E-state index in [4.69, 9.17) is 14.4 Å². The number of benzene rings is 2. The second kappa shape index (κ2) is 10.0. The van der Waals surface area contributed by atoms with Gasteiger partial charge in [-0.25, -0.2) is 14.8 Å². The van der Waals surface area contributed by atoms with Crippen LogP contribution in [0.2, 0.25) is 0 Å². The lowest BCUT2D eigenvalue weighted by molar-refractivity contribution is 0.244. The maximum Gasteiger partial charge on any atom is 0.333 e. The Morgan fingerprint density at radius 2 is 1.89 bits per heavy atom. The summed E-state index contributed by atoms with van der Waals surface area (Å²) in [7, 11) is -3.90. The van der Waals surface area contributed by atoms with E-state index in [9.17, 15) is 8.42 Å². The summed E-state index contributed by atoms with van der Waals surface area (Å²) in [6.45, 7) is 2.26. The Morgan fingerprint density at radius 1 is 1.09 bits per heavy atom. The molecule has 35 heavy (non-hydrogen) atoms. The molecule has 1 aromatic heterocycles. The fourth-order valence-corrected chi connectivity index (χ4v) is 5.41. The van der Waals surface area contributed by atoms with Crippen molar-refractivity contribution in [2.24, 2.45) is 22.0 Å². The summed E-state index contributed by atoms with van der Waals surface area (Å²) >= 11 is 0. The molecule has 8 nitrogen and oxygen atoms in total. The molecule has 3 unspecified atom stereocenters. The molecule has 1 aliphatic heterocycles. The van der Waals surface area contributed by atoms with Crippen LogP contribution in [-0.2, 0) is 20.9 Å². The number of nitrogens with one attached hydrogen (secondary N) is 1. The second-order valence-corrected chi connectivity index (χ2v) is 10.8. The van der Waals surface area contributed by atoms with Gasteiger partial charge in [-0.1, -0.05) is 55.5 Å². The first kappa shape index (κ1) is 23.9. The predicted molar refractivity (Wildman–Crippen MR) is 137 cm³/mol. The van der Waals surface area contributed by atoms with Crippen LogP contribution in [0, 0.1) is 11.8 Å². The van der Waals surface area contributed by atoms with Crippen LogP contribution in [0.4, 0.5) is 5.82 Å². The molecular weight excluding hydrogens is 462 g/mol. The number of aliphatic imine (C=N–C) groups is 1. The van der Waals surface area contributed by atoms with Crippen LogP contribution in [0.5, 0.6) is 0 Å². The van der Waals surface area contributed by atoms with Gasteiger partial charge in [-0.15, -0.1) is 0 Å². The number of rotatable bonds is 8. The highest BCUT2D eigenvalue weighted by Gasteiger charge is 2.32. The Labute approximate surface area is 206 Å². The van der Waals surface area contributed by atoms with Gasteiger partial charge in [0.2, 0.25) is 0 Å². The zero-order valence-corrected chi connectivity index (χ0v) is 20.6. The molecule has 0 radical (unpaired) electrons. The molecule has 5 rings (SSSR count). The van der Waals surface area contributed by atoms with Crippen molar-refractivity contribution in [1.82, 2.24) is 15.1 Å². The molecule has 0 saturated heterocycles. The van der Waals surface area contributed by atoms with Gasteiger partial charge in [0.15, 0.2) is 5.82 Å². The number of nitrogens with zero attached hydrogens (tertiary/aromatic N) is 3. The zero-order chi connectivity index (χ0) is 24.4. The third-order valence-corrected chi connectivity index (χ3v) is 7.27. The van der Waals surface area contributed by atoms with Crippen LogP contribution in [-0.4, -0.2) is 37.1 Å². The molecule has 3 aromatic rings. The highest BCUT2D eigenvalue weighted by atomic mass is 32.2. The maximum atomic E-state index is 11.1. The average Bonchev–Trinajstić information content (AvgIpc) is 3.47. The van der Waals surface area contributed by atoms with E-state index in [1.54, 1.807) is 0 Å². The Hall–Kier alpha value is -2.85. The molecular formula is C26H31N5O3S. The minimum atomic E-state index is -3.90. The van der Waals surface area contributed by atoms with Gasteiger partial charge in [-0.2, -0.15) is 13.5 Å². The van der Waals surface area contributed by atoms with Crippen LogP contribution in [0.25, 0.3) is 11.3 Å². The molecule has 2 aliphatic rings. The normalized spacial score (nSPS) is 23.9. The van der Waals surface area contributed by atoms with Gasteiger partial charge in [0.05, 0.1) is 12.3 Å². The van der Waals surface area contributed by atoms with Crippen LogP contribution in [0.15, 0.2) is 65.7 Å². The fraction of sp³-hybridized carbons (Fsp3) is 0.385. The first-order valence-corrected chi connectivity index (χ1v) is 13.5. The van der Waals surface area contributed by atoms with E-state index in [-0.39, 0.29) is 30.7 Å². The molecule has 1 saturated carbocycles. The van der Waals surface area contributed by atoms with Crippen molar-refractivity contribution in [3.8, 4) is 11.3 Å². The number of fused-ring (bicyclic) bond motifs is 1. The summed E-state index contributed by atoms with van der Waals surface area (Å²) in [6, 6.07) is 21.2. The lowest BCUT2D eigenvalue weighted by Crippen LogP contribution is -2.40. The highest BCUT2D eigenvalue weighted by Crippen LogP contribution is 2.34. The summed E-state index contributed by atoms with van der Waals surface area (Å²) in [5.41, 5.74) is 4.49. The summed E-state index contributed by atoms with van der Waals surface area (Å²) < 4.78 is 29.0. The number of hydrogen-bond acceptors (Lipinski definition) is 6. The number of hydrogen-bond donors (Lipinski definition) is 2. The van der Waals surface area contributed by atoms with Crippen molar-refractivity contribution < 1.29 is 12.6 Å². The number of aromatic nitrogens is 2. The van der Waals surface area contributed by atoms with Gasteiger partial charge < -0.3 is 0 Å². The molecule has 2 heterocycles. The fourth-order valence-electron chi connectivity index (χ4n) is 5.03. The maximum absolute atomic E-state index is 11.1. The smallest absolute Gasteiger partial charge is 0.292 e. The zero-order valence-electron chi connectivity index (χ0n) is 19.7. The monoisotopic (exact) mass is 493 g/mol. The van der Waals surface area contributed by atoms with Gasteiger partial charge in [0.25, 0.3) is 0 Å². The van der Waals surface area contributed by atoms with Gasteiger partial charge in [-0.3, -0.25) is 9.50 Å². The van der Waals surface area contributed by atoms with E-state index in [0.29, 0.717) is 0 Å². The summed E-state index contributed by atoms with van der Waals surface area (Å²) in [5.74, 6) is 1.16. The van der Waals surface area contributed by atoms with E-state index in [1.165, 1.54) is 11.1 Å². The first-order chi connectivity index (χ1) is 16.8. The summed E-state index contributed by atoms with van der Waals surface area (Å²) in [5, 5.41) is 13.7. The molecule has 184 valence electrons. The SMILES string of the molecule is CC1C=Nc2cc(-c3cccc(Cc4ccccc4)c3)nn2C1NC1CC[C@@H](COS(N)(=O)=O)C1. The molecule has 3 N–H and O–H groups in total. The van der Waals surface area contributed by atoms with Crippen molar-refractivity contribution in [1.29, 1.82) is 0 Å². The molecule has 4 atom stereocenters. The van der Waals surface area contributed by atoms with E-state index in [0.717, 1.165) is 42.8 Å². The van der Waals surface area contributed by atoms with E-state index in [1.807, 2.05) is 23.0 Å². The first-order valence-electron chi connectivity index (χ1n) is 12.0. The lowest BCUT2D eigenvalue weighted by Gasteiger charge is -2.30. The Balaban J connectivity index is 1.30. The molecule has 0 amide bonds. The molecule has 0 spiro atoms. The summed E-state index contributed by atoms with van der Waals surface area (Å²) in [4.78, 5) is 4.64. The summed E-state index contributed by atoms with van der Waals surface area (Å²) in [6.07, 6.45) is 5.51.